The summed E-state index contributed by atoms with van der Waals surface area (Å²) in [6.07, 6.45) is 0.778. The Labute approximate surface area is 76.3 Å². The number of rotatable bonds is 2. The lowest BCUT2D eigenvalue weighted by molar-refractivity contribution is 0.617. The van der Waals surface area contributed by atoms with Crippen molar-refractivity contribution in [2.24, 2.45) is 5.73 Å². The first-order valence-electron chi connectivity index (χ1n) is 3.85. The van der Waals surface area contributed by atoms with Gasteiger partial charge in [-0.25, -0.2) is 4.39 Å². The van der Waals surface area contributed by atoms with Crippen LogP contribution in [0.1, 0.15) is 24.9 Å². The van der Waals surface area contributed by atoms with E-state index in [-0.39, 0.29) is 11.9 Å². The van der Waals surface area contributed by atoms with Crippen LogP contribution in [-0.4, -0.2) is 0 Å². The monoisotopic (exact) mass is 187 g/mol. The van der Waals surface area contributed by atoms with Crippen LogP contribution in [-0.2, 0) is 0 Å². The Morgan fingerprint density at radius 2 is 2.17 bits per heavy atom. The smallest absolute Gasteiger partial charge is 0.125 e. The van der Waals surface area contributed by atoms with E-state index in [2.05, 4.69) is 0 Å². The molecule has 0 aliphatic carbocycles. The molecule has 1 aromatic carbocycles. The number of hydrogen-bond donors (Lipinski definition) is 1. The molecule has 0 spiro atoms. The molecule has 66 valence electrons. The molecular formula is C9H11ClFN. The molecule has 1 rings (SSSR count). The minimum Gasteiger partial charge on any atom is -0.324 e. The van der Waals surface area contributed by atoms with E-state index < -0.39 is 0 Å². The van der Waals surface area contributed by atoms with Gasteiger partial charge in [0.05, 0.1) is 0 Å². The van der Waals surface area contributed by atoms with Crippen LogP contribution in [0.4, 0.5) is 4.39 Å². The molecule has 0 aromatic heterocycles. The van der Waals surface area contributed by atoms with Gasteiger partial charge in [0.2, 0.25) is 0 Å². The zero-order valence-electron chi connectivity index (χ0n) is 6.85. The summed E-state index contributed by atoms with van der Waals surface area (Å²) in [5.74, 6) is -0.332. The van der Waals surface area contributed by atoms with E-state index in [1.165, 1.54) is 12.1 Å². The molecule has 0 amide bonds. The van der Waals surface area contributed by atoms with Gasteiger partial charge in [-0.3, -0.25) is 0 Å². The van der Waals surface area contributed by atoms with Crippen LogP contribution >= 0.6 is 11.6 Å². The molecule has 0 heterocycles. The summed E-state index contributed by atoms with van der Waals surface area (Å²) >= 11 is 5.66. The van der Waals surface area contributed by atoms with Gasteiger partial charge in [0.25, 0.3) is 0 Å². The number of hydrogen-bond acceptors (Lipinski definition) is 1. The van der Waals surface area contributed by atoms with Crippen molar-refractivity contribution in [3.05, 3.63) is 34.6 Å². The Kier molecular flexibility index (Phi) is 3.06. The third kappa shape index (κ3) is 2.19. The van der Waals surface area contributed by atoms with E-state index in [4.69, 9.17) is 17.3 Å². The molecule has 2 N–H and O–H groups in total. The third-order valence-corrected chi connectivity index (χ3v) is 1.97. The van der Waals surface area contributed by atoms with Crippen LogP contribution in [0, 0.1) is 5.82 Å². The molecule has 0 aliphatic heterocycles. The molecule has 0 aliphatic rings. The van der Waals surface area contributed by atoms with Gasteiger partial charge in [-0.05, 0) is 30.2 Å². The van der Waals surface area contributed by atoms with Crippen molar-refractivity contribution in [2.45, 2.75) is 19.4 Å². The van der Waals surface area contributed by atoms with Crippen LogP contribution in [0.3, 0.4) is 0 Å². The summed E-state index contributed by atoms with van der Waals surface area (Å²) in [6.45, 7) is 1.95. The summed E-state index contributed by atoms with van der Waals surface area (Å²) in [5.41, 5.74) is 6.46. The lowest BCUT2D eigenvalue weighted by atomic mass is 10.1. The van der Waals surface area contributed by atoms with Gasteiger partial charge in [-0.15, -0.1) is 0 Å². The van der Waals surface area contributed by atoms with Gasteiger partial charge < -0.3 is 5.73 Å². The van der Waals surface area contributed by atoms with Gasteiger partial charge in [0.1, 0.15) is 5.82 Å². The number of benzene rings is 1. The Morgan fingerprint density at radius 3 is 2.67 bits per heavy atom. The highest BCUT2D eigenvalue weighted by molar-refractivity contribution is 6.30. The molecule has 0 saturated heterocycles. The third-order valence-electron chi connectivity index (χ3n) is 1.75. The quantitative estimate of drug-likeness (QED) is 0.757. The fourth-order valence-corrected chi connectivity index (χ4v) is 1.26. The van der Waals surface area contributed by atoms with Crippen molar-refractivity contribution >= 4 is 11.6 Å². The van der Waals surface area contributed by atoms with Crippen LogP contribution in [0.25, 0.3) is 0 Å². The van der Waals surface area contributed by atoms with Gasteiger partial charge in [-0.1, -0.05) is 18.5 Å². The number of halogens is 2. The minimum absolute atomic E-state index is 0.127. The standard InChI is InChI=1S/C9H11ClFN/c1-2-9(12)6-3-7(10)5-8(11)4-6/h3-5,9H,2,12H2,1H3/t9-/m1/s1. The van der Waals surface area contributed by atoms with Crippen molar-refractivity contribution in [3.63, 3.8) is 0 Å². The van der Waals surface area contributed by atoms with E-state index in [0.29, 0.717) is 5.02 Å². The normalized spacial score (nSPS) is 13.0. The Bertz CT molecular complexity index is 255. The topological polar surface area (TPSA) is 26.0 Å². The second kappa shape index (κ2) is 3.87. The molecule has 0 saturated carbocycles. The summed E-state index contributed by atoms with van der Waals surface area (Å²) in [7, 11) is 0. The summed E-state index contributed by atoms with van der Waals surface area (Å²) in [5, 5.41) is 0.397. The predicted molar refractivity (Wildman–Crippen MR) is 48.6 cm³/mol. The highest BCUT2D eigenvalue weighted by Crippen LogP contribution is 2.19. The van der Waals surface area contributed by atoms with Crippen molar-refractivity contribution in [1.82, 2.24) is 0 Å². The van der Waals surface area contributed by atoms with Crippen molar-refractivity contribution < 1.29 is 4.39 Å². The molecule has 0 bridgehead atoms. The van der Waals surface area contributed by atoms with Crippen LogP contribution in [0.15, 0.2) is 18.2 Å². The second-order valence-corrected chi connectivity index (χ2v) is 3.15. The molecule has 1 aromatic rings. The van der Waals surface area contributed by atoms with Crippen LogP contribution < -0.4 is 5.73 Å². The van der Waals surface area contributed by atoms with E-state index >= 15 is 0 Å². The summed E-state index contributed by atoms with van der Waals surface area (Å²) in [4.78, 5) is 0. The predicted octanol–water partition coefficient (Wildman–Crippen LogP) is 2.89. The van der Waals surface area contributed by atoms with Crippen LogP contribution in [0.5, 0.6) is 0 Å². The molecular weight excluding hydrogens is 177 g/mol. The Balaban J connectivity index is 3.00. The first-order chi connectivity index (χ1) is 5.63. The minimum atomic E-state index is -0.332. The maximum absolute atomic E-state index is 12.8. The molecule has 0 unspecified atom stereocenters. The van der Waals surface area contributed by atoms with Gasteiger partial charge in [0.15, 0.2) is 0 Å². The highest BCUT2D eigenvalue weighted by atomic mass is 35.5. The molecule has 1 atom stereocenters. The maximum atomic E-state index is 12.8. The number of nitrogens with two attached hydrogens (primary N) is 1. The van der Waals surface area contributed by atoms with E-state index in [1.807, 2.05) is 6.92 Å². The molecule has 12 heavy (non-hydrogen) atoms. The highest BCUT2D eigenvalue weighted by Gasteiger charge is 2.05. The van der Waals surface area contributed by atoms with Gasteiger partial charge in [0, 0.05) is 11.1 Å². The Hall–Kier alpha value is -0.600. The fraction of sp³-hybridized carbons (Fsp3) is 0.333. The lowest BCUT2D eigenvalue weighted by Crippen LogP contribution is -2.08. The second-order valence-electron chi connectivity index (χ2n) is 2.72. The average Bonchev–Trinajstić information content (AvgIpc) is 2.01. The van der Waals surface area contributed by atoms with Crippen molar-refractivity contribution in [2.75, 3.05) is 0 Å². The largest absolute Gasteiger partial charge is 0.324 e. The first kappa shape index (κ1) is 9.49. The van der Waals surface area contributed by atoms with E-state index in [1.54, 1.807) is 6.07 Å². The molecule has 0 radical (unpaired) electrons. The molecule has 3 heteroatoms. The van der Waals surface area contributed by atoms with Crippen LogP contribution in [0.2, 0.25) is 5.02 Å². The lowest BCUT2D eigenvalue weighted by Gasteiger charge is -2.08. The summed E-state index contributed by atoms with van der Waals surface area (Å²) < 4.78 is 12.8. The van der Waals surface area contributed by atoms with E-state index in [9.17, 15) is 4.39 Å². The van der Waals surface area contributed by atoms with Crippen molar-refractivity contribution in [3.8, 4) is 0 Å². The van der Waals surface area contributed by atoms with E-state index in [0.717, 1.165) is 12.0 Å². The zero-order chi connectivity index (χ0) is 9.14. The first-order valence-corrected chi connectivity index (χ1v) is 4.23. The average molecular weight is 188 g/mol. The van der Waals surface area contributed by atoms with Crippen molar-refractivity contribution in [1.29, 1.82) is 0 Å². The summed E-state index contributed by atoms with van der Waals surface area (Å²) in [6, 6.07) is 4.25. The molecule has 0 fully saturated rings. The Morgan fingerprint density at radius 1 is 1.50 bits per heavy atom. The maximum Gasteiger partial charge on any atom is 0.125 e. The van der Waals surface area contributed by atoms with Gasteiger partial charge in [-0.2, -0.15) is 0 Å². The molecule has 1 nitrogen and oxygen atoms in total. The fourth-order valence-electron chi connectivity index (χ4n) is 1.02. The zero-order valence-corrected chi connectivity index (χ0v) is 7.61. The van der Waals surface area contributed by atoms with Gasteiger partial charge >= 0.3 is 0 Å². The SMILES string of the molecule is CC[C@@H](N)c1cc(F)cc(Cl)c1.